The van der Waals surface area contributed by atoms with Crippen LogP contribution < -0.4 is 9.47 Å². The van der Waals surface area contributed by atoms with Crippen molar-refractivity contribution in [2.75, 3.05) is 6.79 Å². The summed E-state index contributed by atoms with van der Waals surface area (Å²) < 4.78 is 53.8. The van der Waals surface area contributed by atoms with Gasteiger partial charge in [-0.1, -0.05) is 16.9 Å². The Labute approximate surface area is 153 Å². The maximum atomic E-state index is 12.7. The number of rotatable bonds is 4. The molecule has 0 aliphatic carbocycles. The van der Waals surface area contributed by atoms with Crippen molar-refractivity contribution in [2.24, 2.45) is 0 Å². The summed E-state index contributed by atoms with van der Waals surface area (Å²) in [6.45, 7) is 0.136. The van der Waals surface area contributed by atoms with Crippen LogP contribution in [0.15, 0.2) is 33.9 Å². The van der Waals surface area contributed by atoms with E-state index in [4.69, 9.17) is 14.0 Å². The first-order chi connectivity index (χ1) is 12.9. The van der Waals surface area contributed by atoms with Gasteiger partial charge in [-0.05, 0) is 18.2 Å². The minimum absolute atomic E-state index is 0.0261. The molecular formula is C15H9F3N4O4S. The summed E-state index contributed by atoms with van der Waals surface area (Å²) in [4.78, 5) is 11.1. The molecule has 8 nitrogen and oxygen atoms in total. The van der Waals surface area contributed by atoms with Crippen molar-refractivity contribution in [3.05, 3.63) is 35.9 Å². The molecule has 1 N–H and O–H groups in total. The minimum Gasteiger partial charge on any atom is -0.493 e. The SMILES string of the molecule is Oc1cc(C(F)(F)F)nc(SCc2nc(-c3ccc4c(c3)OCO4)no2)n1. The minimum atomic E-state index is -4.69. The summed E-state index contributed by atoms with van der Waals surface area (Å²) in [5.41, 5.74) is -0.601. The number of hydrogen-bond donors (Lipinski definition) is 1. The van der Waals surface area contributed by atoms with Crippen LogP contribution in [0.2, 0.25) is 0 Å². The number of ether oxygens (including phenoxy) is 2. The van der Waals surface area contributed by atoms with Gasteiger partial charge in [-0.3, -0.25) is 0 Å². The van der Waals surface area contributed by atoms with E-state index in [2.05, 4.69) is 20.1 Å². The third kappa shape index (κ3) is 3.74. The van der Waals surface area contributed by atoms with E-state index >= 15 is 0 Å². The van der Waals surface area contributed by atoms with Crippen LogP contribution in [0.3, 0.4) is 0 Å². The lowest BCUT2D eigenvalue weighted by atomic mass is 10.2. The van der Waals surface area contributed by atoms with Gasteiger partial charge in [0.15, 0.2) is 22.3 Å². The van der Waals surface area contributed by atoms with Gasteiger partial charge in [0.25, 0.3) is 0 Å². The quantitative estimate of drug-likeness (QED) is 0.524. The topological polar surface area (TPSA) is 103 Å². The van der Waals surface area contributed by atoms with Crippen molar-refractivity contribution in [3.63, 3.8) is 0 Å². The molecule has 4 rings (SSSR count). The van der Waals surface area contributed by atoms with Gasteiger partial charge in [0, 0.05) is 11.6 Å². The fraction of sp³-hybridized carbons (Fsp3) is 0.200. The second-order valence-corrected chi connectivity index (χ2v) is 6.20. The highest BCUT2D eigenvalue weighted by atomic mass is 32.2. The lowest BCUT2D eigenvalue weighted by molar-refractivity contribution is -0.141. The summed E-state index contributed by atoms with van der Waals surface area (Å²) >= 11 is 0.823. The van der Waals surface area contributed by atoms with Crippen molar-refractivity contribution in [2.45, 2.75) is 17.1 Å². The molecule has 0 saturated carbocycles. The molecule has 1 aliphatic heterocycles. The highest BCUT2D eigenvalue weighted by molar-refractivity contribution is 7.98. The third-order valence-electron chi connectivity index (χ3n) is 3.41. The molecular weight excluding hydrogens is 389 g/mol. The fourth-order valence-corrected chi connectivity index (χ4v) is 2.91. The Morgan fingerprint density at radius 1 is 1.07 bits per heavy atom. The Morgan fingerprint density at radius 3 is 2.70 bits per heavy atom. The van der Waals surface area contributed by atoms with Crippen LogP contribution in [0, 0.1) is 0 Å². The van der Waals surface area contributed by atoms with Crippen LogP contribution in [-0.2, 0) is 11.9 Å². The predicted octanol–water partition coefficient (Wildman–Crippen LogP) is 3.27. The lowest BCUT2D eigenvalue weighted by Gasteiger charge is -2.07. The first-order valence-corrected chi connectivity index (χ1v) is 8.38. The van der Waals surface area contributed by atoms with Crippen molar-refractivity contribution in [1.29, 1.82) is 0 Å². The number of alkyl halides is 3. The van der Waals surface area contributed by atoms with E-state index in [1.54, 1.807) is 18.2 Å². The number of fused-ring (bicyclic) bond motifs is 1. The Bertz CT molecular complexity index is 995. The average Bonchev–Trinajstić information content (AvgIpc) is 3.27. The van der Waals surface area contributed by atoms with E-state index < -0.39 is 17.8 Å². The van der Waals surface area contributed by atoms with E-state index in [1.807, 2.05) is 0 Å². The molecule has 0 fully saturated rings. The van der Waals surface area contributed by atoms with Gasteiger partial charge in [-0.15, -0.1) is 0 Å². The zero-order chi connectivity index (χ0) is 19.0. The van der Waals surface area contributed by atoms with Crippen molar-refractivity contribution in [1.82, 2.24) is 20.1 Å². The molecule has 0 saturated heterocycles. The highest BCUT2D eigenvalue weighted by Crippen LogP contribution is 2.35. The zero-order valence-corrected chi connectivity index (χ0v) is 14.0. The number of aromatic nitrogens is 4. The summed E-state index contributed by atoms with van der Waals surface area (Å²) in [5.74, 6) is 0.870. The number of nitrogens with zero attached hydrogens (tertiary/aromatic N) is 4. The Morgan fingerprint density at radius 2 is 1.89 bits per heavy atom. The third-order valence-corrected chi connectivity index (χ3v) is 4.24. The number of hydrogen-bond acceptors (Lipinski definition) is 9. The van der Waals surface area contributed by atoms with Gasteiger partial charge < -0.3 is 19.1 Å². The van der Waals surface area contributed by atoms with E-state index in [9.17, 15) is 18.3 Å². The summed E-state index contributed by atoms with van der Waals surface area (Å²) in [6, 6.07) is 5.58. The normalized spacial score (nSPS) is 13.1. The van der Waals surface area contributed by atoms with E-state index in [-0.39, 0.29) is 29.4 Å². The van der Waals surface area contributed by atoms with E-state index in [1.165, 1.54) is 0 Å². The van der Waals surface area contributed by atoms with Gasteiger partial charge >= 0.3 is 6.18 Å². The molecule has 0 bridgehead atoms. The van der Waals surface area contributed by atoms with Gasteiger partial charge in [-0.2, -0.15) is 23.1 Å². The smallest absolute Gasteiger partial charge is 0.433 e. The molecule has 0 unspecified atom stereocenters. The fourth-order valence-electron chi connectivity index (χ4n) is 2.22. The van der Waals surface area contributed by atoms with Crippen molar-refractivity contribution >= 4 is 11.8 Å². The largest absolute Gasteiger partial charge is 0.493 e. The van der Waals surface area contributed by atoms with E-state index in [0.717, 1.165) is 11.8 Å². The molecule has 27 heavy (non-hydrogen) atoms. The number of halogens is 3. The van der Waals surface area contributed by atoms with Gasteiger partial charge in [0.2, 0.25) is 24.4 Å². The van der Waals surface area contributed by atoms with Crippen LogP contribution >= 0.6 is 11.8 Å². The lowest BCUT2D eigenvalue weighted by Crippen LogP contribution is -2.09. The maximum absolute atomic E-state index is 12.7. The molecule has 1 aliphatic rings. The molecule has 0 spiro atoms. The van der Waals surface area contributed by atoms with Gasteiger partial charge in [-0.25, -0.2) is 4.98 Å². The van der Waals surface area contributed by atoms with Crippen LogP contribution in [0.5, 0.6) is 17.4 Å². The molecule has 3 heterocycles. The predicted molar refractivity (Wildman–Crippen MR) is 84.1 cm³/mol. The van der Waals surface area contributed by atoms with Crippen LogP contribution in [0.4, 0.5) is 13.2 Å². The summed E-state index contributed by atoms with van der Waals surface area (Å²) in [5, 5.41) is 12.9. The molecule has 2 aromatic heterocycles. The van der Waals surface area contributed by atoms with Crippen molar-refractivity contribution in [3.8, 4) is 28.8 Å². The highest BCUT2D eigenvalue weighted by Gasteiger charge is 2.34. The Kier molecular flexibility index (Phi) is 4.26. The first-order valence-electron chi connectivity index (χ1n) is 7.39. The molecule has 1 aromatic carbocycles. The second kappa shape index (κ2) is 6.61. The van der Waals surface area contributed by atoms with Crippen molar-refractivity contribution < 1.29 is 32.3 Å². The summed E-state index contributed by atoms with van der Waals surface area (Å²) in [6.07, 6.45) is -4.69. The molecule has 0 atom stereocenters. The van der Waals surface area contributed by atoms with Gasteiger partial charge in [0.1, 0.15) is 0 Å². The Hall–Kier alpha value is -3.02. The summed E-state index contributed by atoms with van der Waals surface area (Å²) in [7, 11) is 0. The zero-order valence-electron chi connectivity index (χ0n) is 13.2. The monoisotopic (exact) mass is 398 g/mol. The standard InChI is InChI=1S/C15H9F3N4O4S/c16-15(17,18)10-4-11(23)20-14(19-10)27-5-12-21-13(22-26-12)7-1-2-8-9(3-7)25-6-24-8/h1-4H,5-6H2,(H,19,20,23). The average molecular weight is 398 g/mol. The Balaban J connectivity index is 1.48. The maximum Gasteiger partial charge on any atom is 0.433 e. The number of benzene rings is 1. The van der Waals surface area contributed by atoms with Gasteiger partial charge in [0.05, 0.1) is 5.75 Å². The van der Waals surface area contributed by atoms with Crippen LogP contribution in [-0.4, -0.2) is 32.0 Å². The molecule has 3 aromatic rings. The first kappa shape index (κ1) is 17.4. The van der Waals surface area contributed by atoms with Crippen LogP contribution in [0.25, 0.3) is 11.4 Å². The van der Waals surface area contributed by atoms with Crippen LogP contribution in [0.1, 0.15) is 11.6 Å². The number of thioether (sulfide) groups is 1. The number of aromatic hydroxyl groups is 1. The van der Waals surface area contributed by atoms with E-state index in [0.29, 0.717) is 23.1 Å². The molecule has 0 amide bonds. The second-order valence-electron chi connectivity index (χ2n) is 5.26. The molecule has 0 radical (unpaired) electrons. The molecule has 140 valence electrons. The molecule has 12 heteroatoms.